The highest BCUT2D eigenvalue weighted by Crippen LogP contribution is 2.05. The van der Waals surface area contributed by atoms with Crippen LogP contribution in [0.4, 0.5) is 0 Å². The fourth-order valence-corrected chi connectivity index (χ4v) is 1.95. The van der Waals surface area contributed by atoms with E-state index in [1.165, 1.54) is 17.5 Å². The molecular weight excluding hydrogens is 220 g/mol. The molecule has 0 aromatic heterocycles. The summed E-state index contributed by atoms with van der Waals surface area (Å²) in [7, 11) is 2.20. The fourth-order valence-electron chi connectivity index (χ4n) is 1.95. The molecule has 0 unspecified atom stereocenters. The molecule has 2 nitrogen and oxygen atoms in total. The van der Waals surface area contributed by atoms with Gasteiger partial charge >= 0.3 is 0 Å². The van der Waals surface area contributed by atoms with Crippen molar-refractivity contribution in [3.63, 3.8) is 0 Å². The lowest BCUT2D eigenvalue weighted by atomic mass is 10.1. The molecule has 0 saturated heterocycles. The molecule has 1 aromatic carbocycles. The third-order valence-electron chi connectivity index (χ3n) is 3.02. The molecule has 0 amide bonds. The lowest BCUT2D eigenvalue weighted by molar-refractivity contribution is 0.318. The van der Waals surface area contributed by atoms with Crippen LogP contribution < -0.4 is 5.32 Å². The van der Waals surface area contributed by atoms with Gasteiger partial charge in [-0.3, -0.25) is 0 Å². The molecule has 0 aliphatic carbocycles. The predicted octanol–water partition coefficient (Wildman–Crippen LogP) is 3.06. The molecule has 102 valence electrons. The van der Waals surface area contributed by atoms with Crippen LogP contribution in [0.25, 0.3) is 0 Å². The van der Waals surface area contributed by atoms with Crippen LogP contribution in [0.15, 0.2) is 24.3 Å². The molecule has 2 heteroatoms. The molecular formula is C16H28N2. The maximum Gasteiger partial charge on any atom is 0.0230 e. The average molecular weight is 248 g/mol. The van der Waals surface area contributed by atoms with Crippen LogP contribution in [-0.2, 0) is 6.54 Å². The average Bonchev–Trinajstić information content (AvgIpc) is 2.31. The Kier molecular flexibility index (Phi) is 6.99. The molecule has 0 spiro atoms. The van der Waals surface area contributed by atoms with Gasteiger partial charge in [0.1, 0.15) is 0 Å². The summed E-state index contributed by atoms with van der Waals surface area (Å²) in [6.45, 7) is 11.1. The largest absolute Gasteiger partial charge is 0.316 e. The van der Waals surface area contributed by atoms with Crippen LogP contribution in [0, 0.1) is 12.8 Å². The molecule has 0 radical (unpaired) electrons. The molecule has 1 aromatic rings. The first kappa shape index (κ1) is 15.2. The van der Waals surface area contributed by atoms with Crippen molar-refractivity contribution in [2.75, 3.05) is 26.7 Å². The molecule has 0 aliphatic rings. The Morgan fingerprint density at radius 1 is 1.17 bits per heavy atom. The van der Waals surface area contributed by atoms with Crippen LogP contribution in [0.3, 0.4) is 0 Å². The minimum Gasteiger partial charge on any atom is -0.316 e. The van der Waals surface area contributed by atoms with Gasteiger partial charge in [0.05, 0.1) is 0 Å². The highest BCUT2D eigenvalue weighted by Gasteiger charge is 2.00. The van der Waals surface area contributed by atoms with Crippen molar-refractivity contribution in [3.8, 4) is 0 Å². The summed E-state index contributed by atoms with van der Waals surface area (Å²) in [4.78, 5) is 2.39. The van der Waals surface area contributed by atoms with Crippen molar-refractivity contribution in [3.05, 3.63) is 35.4 Å². The molecule has 0 heterocycles. The number of nitrogens with one attached hydrogen (secondary N) is 1. The molecule has 0 fully saturated rings. The summed E-state index contributed by atoms with van der Waals surface area (Å²) < 4.78 is 0. The predicted molar refractivity (Wildman–Crippen MR) is 79.8 cm³/mol. The summed E-state index contributed by atoms with van der Waals surface area (Å²) in [6.07, 6.45) is 1.22. The maximum absolute atomic E-state index is 3.48. The first-order chi connectivity index (χ1) is 8.58. The minimum atomic E-state index is 0.746. The van der Waals surface area contributed by atoms with E-state index in [0.717, 1.165) is 32.1 Å². The minimum absolute atomic E-state index is 0.746. The van der Waals surface area contributed by atoms with Crippen molar-refractivity contribution in [2.24, 2.45) is 5.92 Å². The van der Waals surface area contributed by atoms with Gasteiger partial charge in [0.2, 0.25) is 0 Å². The molecule has 0 aliphatic heterocycles. The lowest BCUT2D eigenvalue weighted by Gasteiger charge is -2.17. The number of hydrogen-bond donors (Lipinski definition) is 1. The van der Waals surface area contributed by atoms with E-state index < -0.39 is 0 Å². The van der Waals surface area contributed by atoms with E-state index in [4.69, 9.17) is 0 Å². The number of rotatable bonds is 8. The highest BCUT2D eigenvalue weighted by molar-refractivity contribution is 5.21. The fraction of sp³-hybridized carbons (Fsp3) is 0.625. The van der Waals surface area contributed by atoms with Crippen LogP contribution in [0.2, 0.25) is 0 Å². The Hall–Kier alpha value is -0.860. The topological polar surface area (TPSA) is 15.3 Å². The summed E-state index contributed by atoms with van der Waals surface area (Å²) in [5, 5.41) is 3.48. The number of hydrogen-bond acceptors (Lipinski definition) is 2. The SMILES string of the molecule is Cc1ccc(CN(C)CCCNCC(C)C)cc1. The van der Waals surface area contributed by atoms with E-state index in [1.807, 2.05) is 0 Å². The first-order valence-electron chi connectivity index (χ1n) is 7.02. The van der Waals surface area contributed by atoms with Gasteiger partial charge in [0.15, 0.2) is 0 Å². The Labute approximate surface area is 112 Å². The normalized spacial score (nSPS) is 11.4. The smallest absolute Gasteiger partial charge is 0.0230 e. The quantitative estimate of drug-likeness (QED) is 0.711. The Morgan fingerprint density at radius 3 is 2.44 bits per heavy atom. The third kappa shape index (κ3) is 6.77. The second-order valence-electron chi connectivity index (χ2n) is 5.67. The zero-order chi connectivity index (χ0) is 13.4. The molecule has 0 saturated carbocycles. The third-order valence-corrected chi connectivity index (χ3v) is 3.02. The van der Waals surface area contributed by atoms with Crippen LogP contribution in [0.1, 0.15) is 31.4 Å². The highest BCUT2D eigenvalue weighted by atomic mass is 15.1. The van der Waals surface area contributed by atoms with Crippen molar-refractivity contribution < 1.29 is 0 Å². The van der Waals surface area contributed by atoms with E-state index in [2.05, 4.69) is 62.3 Å². The number of aryl methyl sites for hydroxylation is 1. The van der Waals surface area contributed by atoms with Crippen molar-refractivity contribution in [2.45, 2.75) is 33.7 Å². The maximum atomic E-state index is 3.48. The van der Waals surface area contributed by atoms with E-state index in [9.17, 15) is 0 Å². The van der Waals surface area contributed by atoms with E-state index in [-0.39, 0.29) is 0 Å². The monoisotopic (exact) mass is 248 g/mol. The molecule has 18 heavy (non-hydrogen) atoms. The molecule has 0 bridgehead atoms. The number of benzene rings is 1. The van der Waals surface area contributed by atoms with Crippen LogP contribution >= 0.6 is 0 Å². The molecule has 0 atom stereocenters. The Morgan fingerprint density at radius 2 is 1.83 bits per heavy atom. The molecule has 1 rings (SSSR count). The first-order valence-corrected chi connectivity index (χ1v) is 7.02. The van der Waals surface area contributed by atoms with Gasteiger partial charge in [0, 0.05) is 6.54 Å². The molecule has 1 N–H and O–H groups in total. The zero-order valence-corrected chi connectivity index (χ0v) is 12.4. The zero-order valence-electron chi connectivity index (χ0n) is 12.4. The summed E-state index contributed by atoms with van der Waals surface area (Å²) >= 11 is 0. The van der Waals surface area contributed by atoms with Crippen molar-refractivity contribution >= 4 is 0 Å². The van der Waals surface area contributed by atoms with Crippen LogP contribution in [-0.4, -0.2) is 31.6 Å². The Balaban J connectivity index is 2.13. The van der Waals surface area contributed by atoms with Gasteiger partial charge in [-0.1, -0.05) is 43.7 Å². The second-order valence-corrected chi connectivity index (χ2v) is 5.67. The summed E-state index contributed by atoms with van der Waals surface area (Å²) in [6, 6.07) is 8.83. The van der Waals surface area contributed by atoms with Crippen molar-refractivity contribution in [1.29, 1.82) is 0 Å². The standard InChI is InChI=1S/C16H28N2/c1-14(2)12-17-10-5-11-18(4)13-16-8-6-15(3)7-9-16/h6-9,14,17H,5,10-13H2,1-4H3. The van der Waals surface area contributed by atoms with Gasteiger partial charge in [-0.15, -0.1) is 0 Å². The summed E-state index contributed by atoms with van der Waals surface area (Å²) in [5.74, 6) is 0.746. The van der Waals surface area contributed by atoms with E-state index >= 15 is 0 Å². The number of nitrogens with zero attached hydrogens (tertiary/aromatic N) is 1. The van der Waals surface area contributed by atoms with Crippen molar-refractivity contribution in [1.82, 2.24) is 10.2 Å². The van der Waals surface area contributed by atoms with Crippen LogP contribution in [0.5, 0.6) is 0 Å². The second kappa shape index (κ2) is 8.28. The Bertz CT molecular complexity index is 316. The van der Waals surface area contributed by atoms with Gasteiger partial charge in [0.25, 0.3) is 0 Å². The van der Waals surface area contributed by atoms with Gasteiger partial charge in [-0.2, -0.15) is 0 Å². The van der Waals surface area contributed by atoms with E-state index in [0.29, 0.717) is 0 Å². The lowest BCUT2D eigenvalue weighted by Crippen LogP contribution is -2.26. The van der Waals surface area contributed by atoms with Gasteiger partial charge in [-0.05, 0) is 51.5 Å². The van der Waals surface area contributed by atoms with E-state index in [1.54, 1.807) is 0 Å². The summed E-state index contributed by atoms with van der Waals surface area (Å²) in [5.41, 5.74) is 2.73. The van der Waals surface area contributed by atoms with Gasteiger partial charge < -0.3 is 10.2 Å². The van der Waals surface area contributed by atoms with Gasteiger partial charge in [-0.25, -0.2) is 0 Å².